The van der Waals surface area contributed by atoms with Crippen molar-refractivity contribution in [3.8, 4) is 5.75 Å². The van der Waals surface area contributed by atoms with E-state index >= 15 is 0 Å². The van der Waals surface area contributed by atoms with E-state index in [0.717, 1.165) is 6.26 Å². The van der Waals surface area contributed by atoms with Gasteiger partial charge >= 0.3 is 6.61 Å². The van der Waals surface area contributed by atoms with Gasteiger partial charge in [0.25, 0.3) is 0 Å². The Kier molecular flexibility index (Phi) is 5.63. The number of hydrogen-bond donors (Lipinski definition) is 0. The molecular weight excluding hydrogens is 304 g/mol. The fourth-order valence-corrected chi connectivity index (χ4v) is 2.69. The van der Waals surface area contributed by atoms with Crippen LogP contribution in [-0.2, 0) is 20.0 Å². The van der Waals surface area contributed by atoms with Crippen molar-refractivity contribution in [2.75, 3.05) is 19.5 Å². The van der Waals surface area contributed by atoms with Gasteiger partial charge in [-0.25, -0.2) is 8.42 Å². The third-order valence-electron chi connectivity index (χ3n) is 2.53. The summed E-state index contributed by atoms with van der Waals surface area (Å²) in [7, 11) is -3.48. The second kappa shape index (κ2) is 6.65. The number of rotatable bonds is 6. The second-order valence-corrected chi connectivity index (χ2v) is 7.50. The summed E-state index contributed by atoms with van der Waals surface area (Å²) in [6, 6.07) is 1.35. The van der Waals surface area contributed by atoms with Crippen LogP contribution in [0.3, 0.4) is 0 Å². The van der Waals surface area contributed by atoms with Crippen LogP contribution in [0.2, 0.25) is 0 Å². The van der Waals surface area contributed by atoms with Crippen LogP contribution in [0.4, 0.5) is 8.78 Å². The van der Waals surface area contributed by atoms with E-state index in [4.69, 9.17) is 4.74 Å². The van der Waals surface area contributed by atoms with Crippen molar-refractivity contribution >= 4 is 9.84 Å². The molecule has 0 saturated carbocycles. The predicted molar refractivity (Wildman–Crippen MR) is 73.5 cm³/mol. The van der Waals surface area contributed by atoms with Crippen LogP contribution in [0.25, 0.3) is 0 Å². The first kappa shape index (κ1) is 17.8. The lowest BCUT2D eigenvalue weighted by Gasteiger charge is -2.21. The number of alkyl halides is 2. The molecule has 1 aromatic rings. The van der Waals surface area contributed by atoms with Gasteiger partial charge in [0, 0.05) is 17.7 Å². The Morgan fingerprint density at radius 3 is 2.38 bits per heavy atom. The zero-order chi connectivity index (χ0) is 16.3. The fraction of sp³-hybridized carbons (Fsp3) is 0.615. The van der Waals surface area contributed by atoms with Crippen LogP contribution in [0.5, 0.6) is 5.75 Å². The minimum Gasteiger partial charge on any atom is -0.490 e. The predicted octanol–water partition coefficient (Wildman–Crippen LogP) is 2.40. The maximum absolute atomic E-state index is 11.9. The highest BCUT2D eigenvalue weighted by Gasteiger charge is 2.25. The van der Waals surface area contributed by atoms with Crippen molar-refractivity contribution in [3.63, 3.8) is 0 Å². The third-order valence-corrected chi connectivity index (χ3v) is 3.64. The Balaban J connectivity index is 2.96. The van der Waals surface area contributed by atoms with Gasteiger partial charge in [-0.15, -0.1) is 0 Å². The summed E-state index contributed by atoms with van der Waals surface area (Å²) in [5.74, 6) is 0.196. The van der Waals surface area contributed by atoms with Gasteiger partial charge in [-0.2, -0.15) is 8.78 Å². The second-order valence-electron chi connectivity index (χ2n) is 5.52. The minimum absolute atomic E-state index is 0.0716. The van der Waals surface area contributed by atoms with Gasteiger partial charge in [0.1, 0.15) is 12.4 Å². The van der Waals surface area contributed by atoms with E-state index in [0.29, 0.717) is 5.69 Å². The number of nitrogens with zero attached hydrogens (tertiary/aromatic N) is 1. The van der Waals surface area contributed by atoms with Gasteiger partial charge in [0.05, 0.1) is 23.4 Å². The van der Waals surface area contributed by atoms with Crippen molar-refractivity contribution in [2.45, 2.75) is 37.7 Å². The molecule has 21 heavy (non-hydrogen) atoms. The van der Waals surface area contributed by atoms with Gasteiger partial charge in [-0.1, -0.05) is 20.8 Å². The van der Waals surface area contributed by atoms with Crippen LogP contribution >= 0.6 is 0 Å². The molecule has 1 rings (SSSR count). The SMILES string of the molecule is CC(C)(C)c1ncc(OCCOC(F)F)cc1S(C)(=O)=O. The largest absolute Gasteiger partial charge is 0.490 e. The molecule has 1 aromatic heterocycles. The molecule has 0 atom stereocenters. The quantitative estimate of drug-likeness (QED) is 0.752. The molecule has 0 aliphatic carbocycles. The van der Waals surface area contributed by atoms with E-state index in [9.17, 15) is 17.2 Å². The van der Waals surface area contributed by atoms with E-state index in [-0.39, 0.29) is 23.9 Å². The zero-order valence-electron chi connectivity index (χ0n) is 12.4. The van der Waals surface area contributed by atoms with Crippen LogP contribution in [-0.4, -0.2) is 39.5 Å². The number of pyridine rings is 1. The van der Waals surface area contributed by atoms with Crippen molar-refractivity contribution in [2.24, 2.45) is 0 Å². The lowest BCUT2D eigenvalue weighted by Crippen LogP contribution is -2.19. The first-order chi connectivity index (χ1) is 9.51. The van der Waals surface area contributed by atoms with Gasteiger partial charge in [-0.05, 0) is 0 Å². The first-order valence-corrected chi connectivity index (χ1v) is 8.14. The van der Waals surface area contributed by atoms with Crippen molar-refractivity contribution in [1.82, 2.24) is 4.98 Å². The Morgan fingerprint density at radius 2 is 1.90 bits per heavy atom. The zero-order valence-corrected chi connectivity index (χ0v) is 13.2. The maximum Gasteiger partial charge on any atom is 0.345 e. The molecule has 1 heterocycles. The molecule has 0 aliphatic rings. The molecule has 0 radical (unpaired) electrons. The molecule has 120 valence electrons. The van der Waals surface area contributed by atoms with Gasteiger partial charge in [0.2, 0.25) is 0 Å². The minimum atomic E-state index is -3.48. The number of sulfone groups is 1. The highest BCUT2D eigenvalue weighted by molar-refractivity contribution is 7.90. The Hall–Kier alpha value is -1.28. The molecule has 0 N–H and O–H groups in total. The summed E-state index contributed by atoms with van der Waals surface area (Å²) in [6.45, 7) is 2.27. The lowest BCUT2D eigenvalue weighted by molar-refractivity contribution is -0.133. The average Bonchev–Trinajstić information content (AvgIpc) is 2.32. The number of ether oxygens (including phenoxy) is 2. The highest BCUT2D eigenvalue weighted by Crippen LogP contribution is 2.29. The number of hydrogen-bond acceptors (Lipinski definition) is 5. The highest BCUT2D eigenvalue weighted by atomic mass is 32.2. The molecule has 0 spiro atoms. The summed E-state index contributed by atoms with van der Waals surface area (Å²) in [5, 5.41) is 0. The van der Waals surface area contributed by atoms with Crippen LogP contribution in [0.1, 0.15) is 26.5 Å². The molecule has 0 aromatic carbocycles. The molecule has 0 saturated heterocycles. The third kappa shape index (κ3) is 5.55. The molecule has 0 unspecified atom stereocenters. The van der Waals surface area contributed by atoms with Crippen LogP contribution in [0, 0.1) is 0 Å². The van der Waals surface area contributed by atoms with E-state index in [1.54, 1.807) is 0 Å². The Labute approximate surface area is 123 Å². The summed E-state index contributed by atoms with van der Waals surface area (Å²) >= 11 is 0. The fourth-order valence-electron chi connectivity index (χ4n) is 1.65. The van der Waals surface area contributed by atoms with Crippen LogP contribution < -0.4 is 4.74 Å². The molecule has 0 amide bonds. The molecule has 8 heteroatoms. The summed E-state index contributed by atoms with van der Waals surface area (Å²) < 4.78 is 56.5. The maximum atomic E-state index is 11.9. The summed E-state index contributed by atoms with van der Waals surface area (Å²) in [5.41, 5.74) is -0.0170. The molecule has 0 fully saturated rings. The summed E-state index contributed by atoms with van der Waals surface area (Å²) in [6.07, 6.45) is 2.46. The van der Waals surface area contributed by atoms with Gasteiger partial charge in [0.15, 0.2) is 9.84 Å². The van der Waals surface area contributed by atoms with Gasteiger partial charge in [-0.3, -0.25) is 4.98 Å². The molecular formula is C13H19F2NO4S. The number of halogens is 2. The molecule has 0 bridgehead atoms. The standard InChI is InChI=1S/C13H19F2NO4S/c1-13(2,3)11-10(21(4,17)18)7-9(8-16-11)19-5-6-20-12(14)15/h7-8,12H,5-6H2,1-4H3. The Morgan fingerprint density at radius 1 is 1.29 bits per heavy atom. The first-order valence-electron chi connectivity index (χ1n) is 6.25. The topological polar surface area (TPSA) is 65.5 Å². The number of aromatic nitrogens is 1. The average molecular weight is 323 g/mol. The molecule has 0 aliphatic heterocycles. The Bertz CT molecular complexity index is 582. The lowest BCUT2D eigenvalue weighted by atomic mass is 9.91. The summed E-state index contributed by atoms with van der Waals surface area (Å²) in [4.78, 5) is 4.21. The smallest absolute Gasteiger partial charge is 0.345 e. The van der Waals surface area contributed by atoms with E-state index in [1.807, 2.05) is 20.8 Å². The van der Waals surface area contributed by atoms with Crippen molar-refractivity contribution in [3.05, 3.63) is 18.0 Å². The van der Waals surface area contributed by atoms with E-state index in [2.05, 4.69) is 9.72 Å². The van der Waals surface area contributed by atoms with Crippen molar-refractivity contribution in [1.29, 1.82) is 0 Å². The van der Waals surface area contributed by atoms with Crippen molar-refractivity contribution < 1.29 is 26.7 Å². The monoisotopic (exact) mass is 323 g/mol. The molecule has 5 nitrogen and oxygen atoms in total. The van der Waals surface area contributed by atoms with Gasteiger partial charge < -0.3 is 9.47 Å². The van der Waals surface area contributed by atoms with E-state index in [1.165, 1.54) is 12.3 Å². The van der Waals surface area contributed by atoms with Crippen LogP contribution in [0.15, 0.2) is 17.2 Å². The normalized spacial score (nSPS) is 12.7. The van der Waals surface area contributed by atoms with E-state index < -0.39 is 21.9 Å².